The van der Waals surface area contributed by atoms with Gasteiger partial charge >= 0.3 is 0 Å². The molecule has 3 atom stereocenters. The van der Waals surface area contributed by atoms with Gasteiger partial charge in [0.15, 0.2) is 0 Å². The Kier molecular flexibility index (Phi) is 7.87. The van der Waals surface area contributed by atoms with E-state index in [1.54, 1.807) is 0 Å². The number of hydrogen-bond acceptors (Lipinski definition) is 6. The molecule has 0 radical (unpaired) electrons. The average molecular weight is 507 g/mol. The minimum Gasteiger partial charge on any atom is -0.489 e. The molecule has 3 aliphatic rings. The van der Waals surface area contributed by atoms with E-state index in [0.717, 1.165) is 56.8 Å². The molecule has 7 heteroatoms. The van der Waals surface area contributed by atoms with Gasteiger partial charge in [0.05, 0.1) is 23.6 Å². The van der Waals surface area contributed by atoms with E-state index in [4.69, 9.17) is 9.73 Å². The molecular formula is C29H38N4O2S. The molecule has 2 N–H and O–H groups in total. The van der Waals surface area contributed by atoms with Crippen molar-refractivity contribution in [1.82, 2.24) is 10.2 Å². The van der Waals surface area contributed by atoms with E-state index in [9.17, 15) is 4.79 Å². The number of hydrogen-bond donors (Lipinski definition) is 2. The first-order chi connectivity index (χ1) is 17.5. The van der Waals surface area contributed by atoms with E-state index >= 15 is 0 Å². The van der Waals surface area contributed by atoms with Crippen LogP contribution in [0.4, 0.5) is 5.69 Å². The number of nitrogens with one attached hydrogen (secondary N) is 2. The van der Waals surface area contributed by atoms with Crippen LogP contribution < -0.4 is 15.4 Å². The summed E-state index contributed by atoms with van der Waals surface area (Å²) in [7, 11) is 1.93. The van der Waals surface area contributed by atoms with Gasteiger partial charge in [-0.25, -0.2) is 0 Å². The Morgan fingerprint density at radius 1 is 1.19 bits per heavy atom. The molecule has 1 fully saturated rings. The zero-order valence-corrected chi connectivity index (χ0v) is 22.4. The average Bonchev–Trinajstić information content (AvgIpc) is 3.65. The van der Waals surface area contributed by atoms with Crippen LogP contribution in [0.5, 0.6) is 5.75 Å². The van der Waals surface area contributed by atoms with Crippen LogP contribution in [0.25, 0.3) is 0 Å². The van der Waals surface area contributed by atoms with Crippen LogP contribution in [0.3, 0.4) is 0 Å². The number of rotatable bonds is 9. The van der Waals surface area contributed by atoms with E-state index in [0.29, 0.717) is 12.5 Å². The Bertz CT molecular complexity index is 1110. The van der Waals surface area contributed by atoms with Gasteiger partial charge in [0.1, 0.15) is 11.1 Å². The number of thioether (sulfide) groups is 1. The second-order valence-electron chi connectivity index (χ2n) is 10.2. The van der Waals surface area contributed by atoms with E-state index < -0.39 is 0 Å². The van der Waals surface area contributed by atoms with Crippen LogP contribution in [0, 0.1) is 0 Å². The quantitative estimate of drug-likeness (QED) is 0.482. The molecular weight excluding hydrogens is 468 g/mol. The Labute approximate surface area is 219 Å². The predicted octanol–water partition coefficient (Wildman–Crippen LogP) is 5.31. The number of ether oxygens (including phenoxy) is 1. The highest BCUT2D eigenvalue weighted by Gasteiger charge is 2.31. The molecule has 0 spiro atoms. The number of benzene rings is 2. The molecule has 1 amide bonds. The van der Waals surface area contributed by atoms with Gasteiger partial charge in [0.25, 0.3) is 0 Å². The van der Waals surface area contributed by atoms with E-state index in [-0.39, 0.29) is 22.6 Å². The van der Waals surface area contributed by atoms with Gasteiger partial charge in [-0.05, 0) is 79.8 Å². The summed E-state index contributed by atoms with van der Waals surface area (Å²) in [6.45, 7) is 7.24. The van der Waals surface area contributed by atoms with Crippen molar-refractivity contribution in [3.05, 3.63) is 58.7 Å². The topological polar surface area (TPSA) is 66.0 Å². The van der Waals surface area contributed by atoms with Crippen molar-refractivity contribution in [2.24, 2.45) is 4.99 Å². The summed E-state index contributed by atoms with van der Waals surface area (Å²) in [6, 6.07) is 13.1. The van der Waals surface area contributed by atoms with Crippen molar-refractivity contribution in [3.8, 4) is 5.75 Å². The summed E-state index contributed by atoms with van der Waals surface area (Å²) in [4.78, 5) is 19.3. The zero-order chi connectivity index (χ0) is 25.1. The van der Waals surface area contributed by atoms with Crippen molar-refractivity contribution in [3.63, 3.8) is 0 Å². The van der Waals surface area contributed by atoms with Crippen molar-refractivity contribution in [2.75, 3.05) is 38.5 Å². The molecule has 2 aromatic carbocycles. The maximum absolute atomic E-state index is 12.4. The first-order valence-electron chi connectivity index (χ1n) is 13.3. The third kappa shape index (κ3) is 5.42. The van der Waals surface area contributed by atoms with Crippen LogP contribution in [-0.4, -0.2) is 56.4 Å². The third-order valence-electron chi connectivity index (χ3n) is 7.42. The molecule has 2 heterocycles. The summed E-state index contributed by atoms with van der Waals surface area (Å²) >= 11 is 1.90. The van der Waals surface area contributed by atoms with E-state index in [1.807, 2.05) is 37.6 Å². The van der Waals surface area contributed by atoms with Crippen LogP contribution in [-0.2, 0) is 11.2 Å². The number of carbonyl (C=O) groups excluding carboxylic acids is 1. The smallest absolute Gasteiger partial charge is 0.236 e. The number of likely N-dealkylation sites (tertiary alicyclic amines) is 1. The summed E-state index contributed by atoms with van der Waals surface area (Å²) in [5.74, 6) is 1.59. The summed E-state index contributed by atoms with van der Waals surface area (Å²) in [6.07, 6.45) is 6.78. The monoisotopic (exact) mass is 506 g/mol. The summed E-state index contributed by atoms with van der Waals surface area (Å²) in [5, 5.41) is 7.07. The van der Waals surface area contributed by atoms with E-state index in [1.165, 1.54) is 22.3 Å². The lowest BCUT2D eigenvalue weighted by Gasteiger charge is -2.19. The molecule has 0 aromatic heterocycles. The number of fused-ring (bicyclic) bond motifs is 1. The first kappa shape index (κ1) is 25.2. The molecule has 192 valence electrons. The first-order valence-corrected chi connectivity index (χ1v) is 14.2. The fourth-order valence-electron chi connectivity index (χ4n) is 5.62. The Morgan fingerprint density at radius 2 is 2.00 bits per heavy atom. The molecule has 0 saturated carbocycles. The van der Waals surface area contributed by atoms with Gasteiger partial charge < -0.3 is 20.3 Å². The number of anilines is 1. The molecule has 1 aliphatic carbocycles. The molecule has 2 aromatic rings. The van der Waals surface area contributed by atoms with Crippen LogP contribution in [0.2, 0.25) is 0 Å². The minimum absolute atomic E-state index is 0.0847. The van der Waals surface area contributed by atoms with Gasteiger partial charge in [-0.15, -0.1) is 11.8 Å². The van der Waals surface area contributed by atoms with Gasteiger partial charge in [-0.1, -0.05) is 24.3 Å². The number of carbonyl (C=O) groups is 1. The standard InChI is InChI=1S/C29H38N4O2S/c1-19(2)35-26-12-10-20(15-25(26)30-3)29-32-17-27(36-29)24-8-6-7-22-21(9-11-23(22)24)16-31-18-28(34)33-13-4-5-14-33/h6-8,10,12,15,17,19,21,27,29-31H,4-5,9,11,13-14,16,18H2,1-3H3. The normalized spacial score (nSPS) is 22.9. The van der Waals surface area contributed by atoms with Crippen LogP contribution in [0.15, 0.2) is 41.4 Å². The highest BCUT2D eigenvalue weighted by molar-refractivity contribution is 8.00. The molecule has 3 unspecified atom stereocenters. The predicted molar refractivity (Wildman–Crippen MR) is 150 cm³/mol. The lowest BCUT2D eigenvalue weighted by molar-refractivity contribution is -0.129. The van der Waals surface area contributed by atoms with E-state index in [2.05, 4.69) is 53.2 Å². The Hall–Kier alpha value is -2.51. The Balaban J connectivity index is 1.22. The Morgan fingerprint density at radius 3 is 2.78 bits per heavy atom. The maximum Gasteiger partial charge on any atom is 0.236 e. The molecule has 6 nitrogen and oxygen atoms in total. The highest BCUT2D eigenvalue weighted by Crippen LogP contribution is 2.49. The molecule has 1 saturated heterocycles. The minimum atomic E-state index is 0.0847. The molecule has 36 heavy (non-hydrogen) atoms. The van der Waals surface area contributed by atoms with Gasteiger partial charge in [0, 0.05) is 32.9 Å². The SMILES string of the molecule is CNc1cc(C2N=CC(c3cccc4c3CCC4CNCC(=O)N3CCCC3)S2)ccc1OC(C)C. The zero-order valence-electron chi connectivity index (χ0n) is 21.6. The molecule has 5 rings (SSSR count). The van der Waals surface area contributed by atoms with Crippen molar-refractivity contribution in [1.29, 1.82) is 0 Å². The van der Waals surface area contributed by atoms with Crippen molar-refractivity contribution >= 4 is 29.6 Å². The fraction of sp³-hybridized carbons (Fsp3) is 0.517. The lowest BCUT2D eigenvalue weighted by Crippen LogP contribution is -2.37. The maximum atomic E-state index is 12.4. The third-order valence-corrected chi connectivity index (χ3v) is 8.74. The second kappa shape index (κ2) is 11.3. The number of nitrogens with zero attached hydrogens (tertiary/aromatic N) is 2. The summed E-state index contributed by atoms with van der Waals surface area (Å²) in [5.41, 5.74) is 6.51. The van der Waals surface area contributed by atoms with Gasteiger partial charge in [-0.2, -0.15) is 0 Å². The highest BCUT2D eigenvalue weighted by atomic mass is 32.2. The van der Waals surface area contributed by atoms with Crippen LogP contribution in [0.1, 0.15) is 71.9 Å². The molecule has 0 bridgehead atoms. The van der Waals surface area contributed by atoms with Crippen LogP contribution >= 0.6 is 11.8 Å². The van der Waals surface area contributed by atoms with Crippen molar-refractivity contribution in [2.45, 2.75) is 62.2 Å². The van der Waals surface area contributed by atoms with Gasteiger partial charge in [0.2, 0.25) is 5.91 Å². The van der Waals surface area contributed by atoms with Crippen molar-refractivity contribution < 1.29 is 9.53 Å². The largest absolute Gasteiger partial charge is 0.489 e. The lowest BCUT2D eigenvalue weighted by atomic mass is 9.97. The van der Waals surface area contributed by atoms with Gasteiger partial charge in [-0.3, -0.25) is 9.79 Å². The fourth-order valence-corrected chi connectivity index (χ4v) is 6.85. The number of aliphatic imine (C=N–C) groups is 1. The summed E-state index contributed by atoms with van der Waals surface area (Å²) < 4.78 is 5.94. The second-order valence-corrected chi connectivity index (χ2v) is 11.5. The molecule has 2 aliphatic heterocycles. The number of amides is 1.